The molecule has 4 heteroatoms. The van der Waals surface area contributed by atoms with Crippen molar-refractivity contribution in [2.45, 2.75) is 112 Å². The zero-order valence-electron chi connectivity index (χ0n) is 23.2. The number of esters is 1. The van der Waals surface area contributed by atoms with E-state index in [9.17, 15) is 14.7 Å². The van der Waals surface area contributed by atoms with E-state index in [1.165, 1.54) is 26.2 Å². The summed E-state index contributed by atoms with van der Waals surface area (Å²) in [5.41, 5.74) is 4.49. The summed E-state index contributed by atoms with van der Waals surface area (Å²) in [5, 5.41) is 10.8. The summed E-state index contributed by atoms with van der Waals surface area (Å²) in [5.74, 6) is 0.667. The van der Waals surface area contributed by atoms with E-state index in [0.717, 1.165) is 51.4 Å². The Labute approximate surface area is 213 Å². The van der Waals surface area contributed by atoms with Crippen LogP contribution in [0, 0.1) is 39.4 Å². The Morgan fingerprint density at radius 1 is 1.06 bits per heavy atom. The highest BCUT2D eigenvalue weighted by molar-refractivity contribution is 5.87. The summed E-state index contributed by atoms with van der Waals surface area (Å²) in [6.07, 6.45) is 13.4. The van der Waals surface area contributed by atoms with Gasteiger partial charge in [-0.2, -0.15) is 0 Å². The summed E-state index contributed by atoms with van der Waals surface area (Å²) < 4.78 is 4.81. The molecule has 4 aliphatic rings. The summed E-state index contributed by atoms with van der Waals surface area (Å²) in [6, 6.07) is 0. The quantitative estimate of drug-likeness (QED) is 0.195. The molecule has 7 atom stereocenters. The standard InChI is InChI=1S/C31H48O4/c1-20(27(34)35-7)9-8-10-21(19-32)22-13-17-31(6)24-11-12-25-28(2,3)26(33)15-16-29(25,4)23(24)14-18-30(22,31)5/h9,19,21-22,25-26,33H,8,10-18H2,1-7H3. The molecule has 196 valence electrons. The molecule has 0 aliphatic heterocycles. The predicted octanol–water partition coefficient (Wildman–Crippen LogP) is 6.81. The molecule has 0 amide bonds. The highest BCUT2D eigenvalue weighted by Crippen LogP contribution is 2.72. The molecule has 4 aliphatic carbocycles. The third kappa shape index (κ3) is 3.88. The van der Waals surface area contributed by atoms with Gasteiger partial charge in [-0.05, 0) is 105 Å². The lowest BCUT2D eigenvalue weighted by molar-refractivity contribution is -0.136. The fraction of sp³-hybridized carbons (Fsp3) is 0.806. The summed E-state index contributed by atoms with van der Waals surface area (Å²) in [7, 11) is 1.41. The molecule has 0 radical (unpaired) electrons. The van der Waals surface area contributed by atoms with Gasteiger partial charge in [-0.25, -0.2) is 4.79 Å². The van der Waals surface area contributed by atoms with Gasteiger partial charge in [0.05, 0.1) is 13.2 Å². The Morgan fingerprint density at radius 3 is 2.43 bits per heavy atom. The van der Waals surface area contributed by atoms with E-state index in [4.69, 9.17) is 4.74 Å². The molecule has 2 saturated carbocycles. The zero-order chi connectivity index (χ0) is 25.8. The van der Waals surface area contributed by atoms with Crippen LogP contribution in [0.3, 0.4) is 0 Å². The molecule has 0 aromatic carbocycles. The highest BCUT2D eigenvalue weighted by atomic mass is 16.5. The molecule has 0 aromatic rings. The van der Waals surface area contributed by atoms with Crippen LogP contribution in [-0.2, 0) is 14.3 Å². The van der Waals surface area contributed by atoms with Gasteiger partial charge < -0.3 is 14.6 Å². The Kier molecular flexibility index (Phi) is 6.97. The molecule has 0 heterocycles. The summed E-state index contributed by atoms with van der Waals surface area (Å²) >= 11 is 0. The SMILES string of the molecule is COC(=O)C(C)=CCCC(C=O)C1CCC2(C)C3=C(CCC12C)C1(C)CCC(O)C(C)(C)C1CC3. The molecule has 35 heavy (non-hydrogen) atoms. The van der Waals surface area contributed by atoms with Gasteiger partial charge in [0, 0.05) is 11.5 Å². The van der Waals surface area contributed by atoms with Crippen LogP contribution in [-0.4, -0.2) is 30.6 Å². The first kappa shape index (κ1) is 26.6. The minimum absolute atomic E-state index is 0.0290. The second-order valence-electron chi connectivity index (χ2n) is 13.5. The molecular formula is C31H48O4. The molecule has 1 N–H and O–H groups in total. The first-order valence-corrected chi connectivity index (χ1v) is 14.0. The average molecular weight is 485 g/mol. The van der Waals surface area contributed by atoms with Crippen molar-refractivity contribution in [3.05, 3.63) is 22.8 Å². The van der Waals surface area contributed by atoms with Gasteiger partial charge in [-0.15, -0.1) is 0 Å². The van der Waals surface area contributed by atoms with Crippen LogP contribution in [0.4, 0.5) is 0 Å². The number of fused-ring (bicyclic) bond motifs is 4. The Morgan fingerprint density at radius 2 is 1.77 bits per heavy atom. The molecular weight excluding hydrogens is 436 g/mol. The number of aliphatic hydroxyl groups is 1. The van der Waals surface area contributed by atoms with E-state index in [1.54, 1.807) is 18.1 Å². The van der Waals surface area contributed by atoms with Crippen molar-refractivity contribution in [3.63, 3.8) is 0 Å². The number of ether oxygens (including phenoxy) is 1. The zero-order valence-corrected chi connectivity index (χ0v) is 23.2. The molecule has 7 unspecified atom stereocenters. The van der Waals surface area contributed by atoms with Gasteiger partial charge in [0.2, 0.25) is 0 Å². The maximum Gasteiger partial charge on any atom is 0.333 e. The van der Waals surface area contributed by atoms with Crippen molar-refractivity contribution < 1.29 is 19.4 Å². The van der Waals surface area contributed by atoms with E-state index in [2.05, 4.69) is 34.6 Å². The van der Waals surface area contributed by atoms with E-state index in [0.29, 0.717) is 17.4 Å². The minimum Gasteiger partial charge on any atom is -0.466 e. The van der Waals surface area contributed by atoms with Crippen molar-refractivity contribution in [3.8, 4) is 0 Å². The molecule has 0 spiro atoms. The molecule has 0 saturated heterocycles. The number of carbonyl (C=O) groups excluding carboxylic acids is 2. The van der Waals surface area contributed by atoms with Crippen LogP contribution in [0.15, 0.2) is 22.8 Å². The van der Waals surface area contributed by atoms with Crippen LogP contribution in [0.5, 0.6) is 0 Å². The molecule has 0 bridgehead atoms. The van der Waals surface area contributed by atoms with Crippen molar-refractivity contribution in [2.75, 3.05) is 7.11 Å². The smallest absolute Gasteiger partial charge is 0.333 e. The second kappa shape index (κ2) is 9.15. The maximum atomic E-state index is 12.4. The monoisotopic (exact) mass is 484 g/mol. The predicted molar refractivity (Wildman–Crippen MR) is 140 cm³/mol. The maximum absolute atomic E-state index is 12.4. The number of rotatable bonds is 6. The summed E-state index contributed by atoms with van der Waals surface area (Å²) in [6.45, 7) is 13.9. The van der Waals surface area contributed by atoms with Gasteiger partial charge >= 0.3 is 5.97 Å². The van der Waals surface area contributed by atoms with Crippen LogP contribution in [0.2, 0.25) is 0 Å². The molecule has 0 aromatic heterocycles. The van der Waals surface area contributed by atoms with Crippen LogP contribution < -0.4 is 0 Å². The number of methoxy groups -OCH3 is 1. The number of hydrogen-bond acceptors (Lipinski definition) is 4. The summed E-state index contributed by atoms with van der Waals surface area (Å²) in [4.78, 5) is 24.1. The fourth-order valence-electron chi connectivity index (χ4n) is 9.50. The van der Waals surface area contributed by atoms with E-state index in [-0.39, 0.29) is 39.7 Å². The van der Waals surface area contributed by atoms with E-state index in [1.807, 2.05) is 6.08 Å². The van der Waals surface area contributed by atoms with Crippen LogP contribution in [0.1, 0.15) is 106 Å². The van der Waals surface area contributed by atoms with Gasteiger partial charge in [0.15, 0.2) is 0 Å². The number of aliphatic hydroxyl groups excluding tert-OH is 1. The third-order valence-corrected chi connectivity index (χ3v) is 11.9. The van der Waals surface area contributed by atoms with Gasteiger partial charge in [-0.3, -0.25) is 0 Å². The number of allylic oxidation sites excluding steroid dienone is 3. The lowest BCUT2D eigenvalue weighted by Gasteiger charge is -2.62. The molecule has 2 fully saturated rings. The van der Waals surface area contributed by atoms with E-state index >= 15 is 0 Å². The van der Waals surface area contributed by atoms with Crippen molar-refractivity contribution >= 4 is 12.3 Å². The Bertz CT molecular complexity index is 928. The first-order chi connectivity index (χ1) is 16.4. The Balaban J connectivity index is 1.61. The Hall–Kier alpha value is -1.42. The normalized spacial score (nSPS) is 41.5. The molecule has 4 nitrogen and oxygen atoms in total. The number of aldehydes is 1. The van der Waals surface area contributed by atoms with Gasteiger partial charge in [-0.1, -0.05) is 51.8 Å². The van der Waals surface area contributed by atoms with Gasteiger partial charge in [0.1, 0.15) is 6.29 Å². The topological polar surface area (TPSA) is 63.6 Å². The van der Waals surface area contributed by atoms with Gasteiger partial charge in [0.25, 0.3) is 0 Å². The largest absolute Gasteiger partial charge is 0.466 e. The lowest BCUT2D eigenvalue weighted by Crippen LogP contribution is -2.55. The van der Waals surface area contributed by atoms with E-state index < -0.39 is 0 Å². The van der Waals surface area contributed by atoms with Crippen LogP contribution >= 0.6 is 0 Å². The van der Waals surface area contributed by atoms with Crippen LogP contribution in [0.25, 0.3) is 0 Å². The lowest BCUT2D eigenvalue weighted by atomic mass is 9.43. The average Bonchev–Trinajstić information content (AvgIpc) is 3.10. The molecule has 4 rings (SSSR count). The van der Waals surface area contributed by atoms with Crippen molar-refractivity contribution in [2.24, 2.45) is 39.4 Å². The van der Waals surface area contributed by atoms with Crippen molar-refractivity contribution in [1.29, 1.82) is 0 Å². The van der Waals surface area contributed by atoms with Crippen molar-refractivity contribution in [1.82, 2.24) is 0 Å². The first-order valence-electron chi connectivity index (χ1n) is 14.0. The second-order valence-corrected chi connectivity index (χ2v) is 13.5. The number of carbonyl (C=O) groups is 2. The highest BCUT2D eigenvalue weighted by Gasteiger charge is 2.63. The third-order valence-electron chi connectivity index (χ3n) is 11.9. The number of hydrogen-bond donors (Lipinski definition) is 1. The minimum atomic E-state index is -0.290. The fourth-order valence-corrected chi connectivity index (χ4v) is 9.50.